The van der Waals surface area contributed by atoms with Gasteiger partial charge in [-0.1, -0.05) is 176 Å². The van der Waals surface area contributed by atoms with Gasteiger partial charge in [0.05, 0.1) is 0 Å². The van der Waals surface area contributed by atoms with E-state index in [1.165, 1.54) is 109 Å². The highest BCUT2D eigenvalue weighted by molar-refractivity contribution is 6.31. The number of rotatable bonds is 3. The van der Waals surface area contributed by atoms with Crippen LogP contribution in [0.2, 0.25) is 0 Å². The van der Waals surface area contributed by atoms with Gasteiger partial charge in [0, 0.05) is 10.8 Å². The van der Waals surface area contributed by atoms with Crippen molar-refractivity contribution in [2.24, 2.45) is 0 Å². The van der Waals surface area contributed by atoms with E-state index in [4.69, 9.17) is 4.42 Å². The highest BCUT2D eigenvalue weighted by Crippen LogP contribution is 2.48. The van der Waals surface area contributed by atoms with Crippen molar-refractivity contribution in [3.63, 3.8) is 0 Å². The molecule has 0 aliphatic carbocycles. The Kier molecular flexibility index (Phi) is 6.40. The van der Waals surface area contributed by atoms with Gasteiger partial charge in [-0.15, -0.1) is 0 Å². The van der Waals surface area contributed by atoms with Gasteiger partial charge in [-0.2, -0.15) is 0 Å². The molecule has 0 fully saturated rings. The average Bonchev–Trinajstić information content (AvgIpc) is 3.65. The predicted octanol–water partition coefficient (Wildman–Crippen LogP) is 15.5. The van der Waals surface area contributed by atoms with Crippen molar-refractivity contribution in [2.75, 3.05) is 0 Å². The first kappa shape index (κ1) is 30.3. The Bertz CT molecular complexity index is 3470. The van der Waals surface area contributed by atoms with Crippen LogP contribution < -0.4 is 0 Å². The predicted molar refractivity (Wildman–Crippen MR) is 235 cm³/mol. The normalized spacial score (nSPS) is 12.0. The first-order chi connectivity index (χ1) is 27.3. The minimum Gasteiger partial charge on any atom is -0.456 e. The maximum atomic E-state index is 6.75. The molecular weight excluding hydrogens is 665 g/mol. The largest absolute Gasteiger partial charge is 0.456 e. The Balaban J connectivity index is 1.11. The number of hydrogen-bond acceptors (Lipinski definition) is 1. The third-order valence-electron chi connectivity index (χ3n) is 11.8. The van der Waals surface area contributed by atoms with E-state index in [1.807, 2.05) is 0 Å². The Morgan fingerprint density at radius 3 is 1.40 bits per heavy atom. The van der Waals surface area contributed by atoms with Gasteiger partial charge < -0.3 is 4.42 Å². The van der Waals surface area contributed by atoms with E-state index in [2.05, 4.69) is 194 Å². The van der Waals surface area contributed by atoms with E-state index in [0.717, 1.165) is 11.2 Å². The highest BCUT2D eigenvalue weighted by atomic mass is 16.3. The SMILES string of the molecule is c1ccc2c(c1)cc(-c1ccc(-c3c4ccccc4c(-c4cc5oc6ccc7ccccc7c6c5c5ccccc45)c4ccccc34)cc1)c1ccccc12. The Morgan fingerprint density at radius 1 is 0.255 bits per heavy atom. The summed E-state index contributed by atoms with van der Waals surface area (Å²) in [5, 5.41) is 17.3. The summed E-state index contributed by atoms with van der Waals surface area (Å²) < 4.78 is 6.75. The van der Waals surface area contributed by atoms with Crippen molar-refractivity contribution in [1.29, 1.82) is 0 Å². The molecule has 1 heteroatoms. The molecule has 254 valence electrons. The molecule has 11 aromatic carbocycles. The summed E-state index contributed by atoms with van der Waals surface area (Å²) >= 11 is 0. The van der Waals surface area contributed by atoms with Crippen LogP contribution in [0.5, 0.6) is 0 Å². The van der Waals surface area contributed by atoms with Gasteiger partial charge in [-0.25, -0.2) is 0 Å². The van der Waals surface area contributed by atoms with Crippen LogP contribution in [0.1, 0.15) is 0 Å². The van der Waals surface area contributed by atoms with Crippen molar-refractivity contribution >= 4 is 86.6 Å². The second-order valence-electron chi connectivity index (χ2n) is 14.7. The summed E-state index contributed by atoms with van der Waals surface area (Å²) in [6.45, 7) is 0. The van der Waals surface area contributed by atoms with Crippen LogP contribution in [0.25, 0.3) is 120 Å². The van der Waals surface area contributed by atoms with Crippen molar-refractivity contribution < 1.29 is 4.42 Å². The molecule has 0 bridgehead atoms. The molecule has 1 heterocycles. The smallest absolute Gasteiger partial charge is 0.136 e. The van der Waals surface area contributed by atoms with Crippen molar-refractivity contribution in [2.45, 2.75) is 0 Å². The first-order valence-corrected chi connectivity index (χ1v) is 19.0. The minimum absolute atomic E-state index is 0.911. The summed E-state index contributed by atoms with van der Waals surface area (Å²) in [7, 11) is 0. The lowest BCUT2D eigenvalue weighted by molar-refractivity contribution is 0.669. The molecule has 0 aliphatic heterocycles. The van der Waals surface area contributed by atoms with Crippen LogP contribution in [0.15, 0.2) is 199 Å². The molecule has 0 N–H and O–H groups in total. The number of hydrogen-bond donors (Lipinski definition) is 0. The number of furan rings is 1. The topological polar surface area (TPSA) is 13.1 Å². The molecule has 0 aliphatic rings. The number of benzene rings is 11. The standard InChI is InChI=1S/C54H32O/c1-4-16-38-33(13-1)29-30-49-53(38)54-42-20-8-7-19-41(42)48(32-50(54)55-49)52-45-23-11-9-21-43(45)51(44-22-10-12-24-46(44)52)35-27-25-34(26-28-35)47-31-36-14-2-3-15-37(36)39-17-5-6-18-40(39)47/h1-32H. The Morgan fingerprint density at radius 2 is 0.727 bits per heavy atom. The monoisotopic (exact) mass is 696 g/mol. The average molecular weight is 697 g/mol. The molecule has 0 radical (unpaired) electrons. The van der Waals surface area contributed by atoms with Crippen LogP contribution in [0.3, 0.4) is 0 Å². The van der Waals surface area contributed by atoms with Crippen LogP contribution in [-0.2, 0) is 0 Å². The van der Waals surface area contributed by atoms with Gasteiger partial charge in [-0.05, 0) is 116 Å². The lowest BCUT2D eigenvalue weighted by atomic mass is 9.84. The van der Waals surface area contributed by atoms with Gasteiger partial charge >= 0.3 is 0 Å². The first-order valence-electron chi connectivity index (χ1n) is 19.0. The van der Waals surface area contributed by atoms with Crippen LogP contribution >= 0.6 is 0 Å². The number of fused-ring (bicyclic) bond motifs is 12. The molecular formula is C54H32O. The second kappa shape index (κ2) is 11.6. The molecule has 12 rings (SSSR count). The molecule has 55 heavy (non-hydrogen) atoms. The molecule has 0 amide bonds. The Labute approximate surface area is 317 Å². The van der Waals surface area contributed by atoms with Crippen LogP contribution in [-0.4, -0.2) is 0 Å². The van der Waals surface area contributed by atoms with E-state index in [-0.39, 0.29) is 0 Å². The molecule has 0 saturated carbocycles. The van der Waals surface area contributed by atoms with Crippen molar-refractivity contribution in [1.82, 2.24) is 0 Å². The maximum Gasteiger partial charge on any atom is 0.136 e. The third kappa shape index (κ3) is 4.41. The van der Waals surface area contributed by atoms with E-state index < -0.39 is 0 Å². The third-order valence-corrected chi connectivity index (χ3v) is 11.8. The quantitative estimate of drug-likeness (QED) is 0.132. The summed E-state index contributed by atoms with van der Waals surface area (Å²) in [5.41, 5.74) is 9.18. The minimum atomic E-state index is 0.911. The second-order valence-corrected chi connectivity index (χ2v) is 14.7. The van der Waals surface area contributed by atoms with Crippen LogP contribution in [0, 0.1) is 0 Å². The highest BCUT2D eigenvalue weighted by Gasteiger charge is 2.22. The Hall–Kier alpha value is -7.22. The fourth-order valence-corrected chi connectivity index (χ4v) is 9.45. The summed E-state index contributed by atoms with van der Waals surface area (Å²) in [5.74, 6) is 0. The van der Waals surface area contributed by atoms with Gasteiger partial charge in [-0.3, -0.25) is 0 Å². The lowest BCUT2D eigenvalue weighted by Gasteiger charge is -2.19. The van der Waals surface area contributed by atoms with E-state index in [0.29, 0.717) is 0 Å². The van der Waals surface area contributed by atoms with Gasteiger partial charge in [0.2, 0.25) is 0 Å². The lowest BCUT2D eigenvalue weighted by Crippen LogP contribution is -1.92. The van der Waals surface area contributed by atoms with E-state index >= 15 is 0 Å². The van der Waals surface area contributed by atoms with Crippen molar-refractivity contribution in [3.05, 3.63) is 194 Å². The van der Waals surface area contributed by atoms with E-state index in [1.54, 1.807) is 0 Å². The fourth-order valence-electron chi connectivity index (χ4n) is 9.45. The summed E-state index contributed by atoms with van der Waals surface area (Å²) in [6.07, 6.45) is 0. The maximum absolute atomic E-state index is 6.75. The van der Waals surface area contributed by atoms with Gasteiger partial charge in [0.25, 0.3) is 0 Å². The zero-order chi connectivity index (χ0) is 36.0. The molecule has 1 aromatic heterocycles. The molecule has 0 spiro atoms. The molecule has 0 saturated heterocycles. The van der Waals surface area contributed by atoms with Gasteiger partial charge in [0.1, 0.15) is 11.2 Å². The summed E-state index contributed by atoms with van der Waals surface area (Å²) in [4.78, 5) is 0. The van der Waals surface area contributed by atoms with Crippen molar-refractivity contribution in [3.8, 4) is 33.4 Å². The fraction of sp³-hybridized carbons (Fsp3) is 0. The molecule has 1 nitrogen and oxygen atoms in total. The molecule has 0 unspecified atom stereocenters. The molecule has 12 aromatic rings. The zero-order valence-corrected chi connectivity index (χ0v) is 29.9. The van der Waals surface area contributed by atoms with Crippen LogP contribution in [0.4, 0.5) is 0 Å². The summed E-state index contributed by atoms with van der Waals surface area (Å²) in [6, 6.07) is 71.0. The zero-order valence-electron chi connectivity index (χ0n) is 29.9. The van der Waals surface area contributed by atoms with E-state index in [9.17, 15) is 0 Å². The van der Waals surface area contributed by atoms with Gasteiger partial charge in [0.15, 0.2) is 0 Å². The molecule has 0 atom stereocenters.